The Hall–Kier alpha value is -3.35. The third-order valence-corrected chi connectivity index (χ3v) is 5.80. The van der Waals surface area contributed by atoms with Gasteiger partial charge in [0.25, 0.3) is 11.8 Å². The molecule has 0 bridgehead atoms. The molecule has 7 heteroatoms. The average molecular weight is 393 g/mol. The number of hydrogen-bond donors (Lipinski definition) is 3. The van der Waals surface area contributed by atoms with Crippen LogP contribution in [0, 0.1) is 5.92 Å². The number of rotatable bonds is 4. The molecule has 1 fully saturated rings. The lowest BCUT2D eigenvalue weighted by Crippen LogP contribution is -2.27. The largest absolute Gasteiger partial charge is 0.493 e. The number of fused-ring (bicyclic) bond motifs is 2. The van der Waals surface area contributed by atoms with Crippen molar-refractivity contribution < 1.29 is 19.1 Å². The minimum atomic E-state index is -0.326. The number of carbonyl (C=O) groups excluding carboxylic acids is 3. The van der Waals surface area contributed by atoms with Crippen LogP contribution in [0.3, 0.4) is 0 Å². The standard InChI is InChI=1S/C22H23N3O4/c1-23-19(26)13-9-14(20(27)24-2)11-15(10-13)25-21(28)17-12-22(17)7-8-29-18-6-4-3-5-16(18)22/h3-6,9-11,17H,7-8,12H2,1-2H3,(H,23,26)(H,24,27)(H,25,28)/t17-,22-/m0/s1. The molecule has 2 aliphatic rings. The van der Waals surface area contributed by atoms with Gasteiger partial charge in [0.15, 0.2) is 0 Å². The molecule has 2 aromatic rings. The van der Waals surface area contributed by atoms with E-state index >= 15 is 0 Å². The second kappa shape index (κ2) is 7.24. The van der Waals surface area contributed by atoms with Crippen LogP contribution in [0.25, 0.3) is 0 Å². The van der Waals surface area contributed by atoms with E-state index in [-0.39, 0.29) is 29.1 Å². The summed E-state index contributed by atoms with van der Waals surface area (Å²) < 4.78 is 5.73. The van der Waals surface area contributed by atoms with Crippen molar-refractivity contribution in [3.63, 3.8) is 0 Å². The zero-order valence-electron chi connectivity index (χ0n) is 16.4. The molecule has 7 nitrogen and oxygen atoms in total. The van der Waals surface area contributed by atoms with Crippen molar-refractivity contribution in [2.45, 2.75) is 18.3 Å². The summed E-state index contributed by atoms with van der Waals surface area (Å²) in [5, 5.41) is 7.99. The van der Waals surface area contributed by atoms with Gasteiger partial charge in [0.1, 0.15) is 5.75 Å². The van der Waals surface area contributed by atoms with Gasteiger partial charge in [0.05, 0.1) is 6.61 Å². The van der Waals surface area contributed by atoms with Gasteiger partial charge in [-0.3, -0.25) is 14.4 Å². The maximum absolute atomic E-state index is 13.0. The van der Waals surface area contributed by atoms with E-state index in [9.17, 15) is 14.4 Å². The van der Waals surface area contributed by atoms with Gasteiger partial charge in [-0.2, -0.15) is 0 Å². The highest BCUT2D eigenvalue weighted by atomic mass is 16.5. The zero-order valence-corrected chi connectivity index (χ0v) is 16.4. The van der Waals surface area contributed by atoms with Crippen LogP contribution in [-0.2, 0) is 10.2 Å². The third kappa shape index (κ3) is 3.33. The zero-order chi connectivity index (χ0) is 20.6. The molecule has 2 atom stereocenters. The van der Waals surface area contributed by atoms with E-state index in [0.29, 0.717) is 23.4 Å². The summed E-state index contributed by atoms with van der Waals surface area (Å²) >= 11 is 0. The molecular weight excluding hydrogens is 370 g/mol. The quantitative estimate of drug-likeness (QED) is 0.741. The lowest BCUT2D eigenvalue weighted by molar-refractivity contribution is -0.117. The van der Waals surface area contributed by atoms with Crippen LogP contribution in [0.2, 0.25) is 0 Å². The lowest BCUT2D eigenvalue weighted by Gasteiger charge is -2.26. The summed E-state index contributed by atoms with van der Waals surface area (Å²) in [4.78, 5) is 37.1. The van der Waals surface area contributed by atoms with Crippen molar-refractivity contribution in [3.05, 3.63) is 59.2 Å². The number of benzene rings is 2. The van der Waals surface area contributed by atoms with E-state index in [1.54, 1.807) is 12.1 Å². The number of hydrogen-bond acceptors (Lipinski definition) is 4. The van der Waals surface area contributed by atoms with Crippen LogP contribution in [0.15, 0.2) is 42.5 Å². The molecule has 0 saturated heterocycles. The van der Waals surface area contributed by atoms with E-state index in [0.717, 1.165) is 24.2 Å². The van der Waals surface area contributed by atoms with E-state index in [4.69, 9.17) is 4.74 Å². The molecule has 150 valence electrons. The maximum atomic E-state index is 13.0. The predicted octanol–water partition coefficient (Wildman–Crippen LogP) is 2.08. The number of anilines is 1. The fourth-order valence-electron chi connectivity index (χ4n) is 4.18. The summed E-state index contributed by atoms with van der Waals surface area (Å²) in [6, 6.07) is 12.5. The second-order valence-corrected chi connectivity index (χ2v) is 7.45. The highest BCUT2D eigenvalue weighted by Crippen LogP contribution is 2.60. The topological polar surface area (TPSA) is 96.5 Å². The van der Waals surface area contributed by atoms with Gasteiger partial charge in [-0.15, -0.1) is 0 Å². The first-order chi connectivity index (χ1) is 14.0. The third-order valence-electron chi connectivity index (χ3n) is 5.80. The molecule has 2 aromatic carbocycles. The first-order valence-corrected chi connectivity index (χ1v) is 9.61. The predicted molar refractivity (Wildman–Crippen MR) is 108 cm³/mol. The number of nitrogens with one attached hydrogen (secondary N) is 3. The molecule has 1 saturated carbocycles. The molecule has 29 heavy (non-hydrogen) atoms. The first-order valence-electron chi connectivity index (χ1n) is 9.61. The summed E-state index contributed by atoms with van der Waals surface area (Å²) in [5.41, 5.74) is 1.94. The highest BCUT2D eigenvalue weighted by Gasteiger charge is 2.60. The Labute approximate surface area is 168 Å². The molecule has 3 N–H and O–H groups in total. The highest BCUT2D eigenvalue weighted by molar-refractivity contribution is 6.03. The Kier molecular flexibility index (Phi) is 4.74. The van der Waals surface area contributed by atoms with Gasteiger partial charge in [-0.25, -0.2) is 0 Å². The molecule has 1 aliphatic carbocycles. The van der Waals surface area contributed by atoms with Crippen LogP contribution >= 0.6 is 0 Å². The van der Waals surface area contributed by atoms with Crippen LogP contribution in [-0.4, -0.2) is 38.4 Å². The number of carbonyl (C=O) groups is 3. The summed E-state index contributed by atoms with van der Waals surface area (Å²) in [7, 11) is 3.04. The van der Waals surface area contributed by atoms with Crippen molar-refractivity contribution in [2.24, 2.45) is 5.92 Å². The van der Waals surface area contributed by atoms with Gasteiger partial charge >= 0.3 is 0 Å². The van der Waals surface area contributed by atoms with Gasteiger partial charge in [0.2, 0.25) is 5.91 Å². The fourth-order valence-corrected chi connectivity index (χ4v) is 4.18. The molecule has 1 spiro atoms. The van der Waals surface area contributed by atoms with Gasteiger partial charge < -0.3 is 20.7 Å². The normalized spacial score (nSPS) is 21.5. The van der Waals surface area contributed by atoms with Crippen molar-refractivity contribution in [3.8, 4) is 5.75 Å². The lowest BCUT2D eigenvalue weighted by atomic mass is 9.87. The first kappa shape index (κ1) is 19.0. The summed E-state index contributed by atoms with van der Waals surface area (Å²) in [6.07, 6.45) is 1.56. The molecule has 1 heterocycles. The van der Waals surface area contributed by atoms with Crippen molar-refractivity contribution >= 4 is 23.4 Å². The Bertz CT molecular complexity index is 969. The van der Waals surface area contributed by atoms with Crippen molar-refractivity contribution in [1.82, 2.24) is 10.6 Å². The molecule has 0 radical (unpaired) electrons. The monoisotopic (exact) mass is 393 g/mol. The van der Waals surface area contributed by atoms with Crippen LogP contribution < -0.4 is 20.7 Å². The maximum Gasteiger partial charge on any atom is 0.251 e. The van der Waals surface area contributed by atoms with E-state index in [2.05, 4.69) is 16.0 Å². The Morgan fingerprint density at radius 2 is 1.66 bits per heavy atom. The van der Waals surface area contributed by atoms with Crippen LogP contribution in [0.1, 0.15) is 39.1 Å². The molecular formula is C22H23N3O4. The molecule has 0 unspecified atom stereocenters. The molecule has 4 rings (SSSR count). The Balaban J connectivity index is 1.58. The van der Waals surface area contributed by atoms with Gasteiger partial charge in [-0.05, 0) is 37.1 Å². The average Bonchev–Trinajstić information content (AvgIpc) is 3.47. The minimum Gasteiger partial charge on any atom is -0.493 e. The van der Waals surface area contributed by atoms with Gasteiger partial charge in [0, 0.05) is 47.8 Å². The fraction of sp³-hybridized carbons (Fsp3) is 0.318. The van der Waals surface area contributed by atoms with Gasteiger partial charge in [-0.1, -0.05) is 18.2 Å². The smallest absolute Gasteiger partial charge is 0.251 e. The van der Waals surface area contributed by atoms with Crippen molar-refractivity contribution in [1.29, 1.82) is 0 Å². The summed E-state index contributed by atoms with van der Waals surface area (Å²) in [6.45, 7) is 0.591. The Morgan fingerprint density at radius 1 is 1.00 bits per heavy atom. The second-order valence-electron chi connectivity index (χ2n) is 7.45. The minimum absolute atomic E-state index is 0.112. The SMILES string of the molecule is CNC(=O)c1cc(NC(=O)[C@@H]2C[C@]23CCOc2ccccc23)cc(C(=O)NC)c1. The Morgan fingerprint density at radius 3 is 2.31 bits per heavy atom. The van der Waals surface area contributed by atoms with E-state index in [1.807, 2.05) is 24.3 Å². The van der Waals surface area contributed by atoms with E-state index in [1.165, 1.54) is 20.2 Å². The molecule has 0 aromatic heterocycles. The summed E-state index contributed by atoms with van der Waals surface area (Å²) in [5.74, 6) is -0.0872. The number of amides is 3. The van der Waals surface area contributed by atoms with E-state index < -0.39 is 0 Å². The van der Waals surface area contributed by atoms with Crippen LogP contribution in [0.4, 0.5) is 5.69 Å². The molecule has 3 amide bonds. The van der Waals surface area contributed by atoms with Crippen molar-refractivity contribution in [2.75, 3.05) is 26.0 Å². The number of ether oxygens (including phenoxy) is 1. The van der Waals surface area contributed by atoms with Crippen LogP contribution in [0.5, 0.6) is 5.75 Å². The number of para-hydroxylation sites is 1. The molecule has 1 aliphatic heterocycles.